The lowest BCUT2D eigenvalue weighted by Gasteiger charge is -2.24. The highest BCUT2D eigenvalue weighted by Crippen LogP contribution is 2.37. The van der Waals surface area contributed by atoms with E-state index in [9.17, 15) is 13.2 Å². The van der Waals surface area contributed by atoms with Crippen LogP contribution in [0.15, 0.2) is 30.5 Å². The monoisotopic (exact) mass is 463 g/mol. The molecule has 1 saturated carbocycles. The summed E-state index contributed by atoms with van der Waals surface area (Å²) < 4.78 is 46.3. The van der Waals surface area contributed by atoms with Gasteiger partial charge in [0.25, 0.3) is 0 Å². The van der Waals surface area contributed by atoms with Gasteiger partial charge >= 0.3 is 6.18 Å². The second-order valence-electron chi connectivity index (χ2n) is 5.89. The molecule has 1 heterocycles. The zero-order valence-electron chi connectivity index (χ0n) is 13.3. The highest BCUT2D eigenvalue weighted by atomic mass is 127. The summed E-state index contributed by atoms with van der Waals surface area (Å²) in [6.45, 7) is 0. The van der Waals surface area contributed by atoms with E-state index >= 15 is 0 Å². The first kappa shape index (κ1) is 18.2. The topological polar surface area (TPSA) is 47.0 Å². The predicted octanol–water partition coefficient (Wildman–Crippen LogP) is 5.56. The summed E-state index contributed by atoms with van der Waals surface area (Å²) in [7, 11) is 0. The number of alkyl halides is 3. The van der Waals surface area contributed by atoms with Crippen LogP contribution in [-0.4, -0.2) is 16.1 Å². The molecule has 0 aliphatic heterocycles. The average molecular weight is 463 g/mol. The van der Waals surface area contributed by atoms with Crippen molar-refractivity contribution < 1.29 is 17.9 Å². The molecule has 0 saturated heterocycles. The van der Waals surface area contributed by atoms with Gasteiger partial charge in [-0.3, -0.25) is 0 Å². The van der Waals surface area contributed by atoms with Gasteiger partial charge in [-0.05, 0) is 60.4 Å². The van der Waals surface area contributed by atoms with Gasteiger partial charge in [0, 0.05) is 9.77 Å². The number of nitrogens with one attached hydrogen (secondary N) is 1. The number of nitrogens with zero attached hydrogens (tertiary/aromatic N) is 2. The Labute approximate surface area is 157 Å². The van der Waals surface area contributed by atoms with Gasteiger partial charge in [0.1, 0.15) is 11.7 Å². The van der Waals surface area contributed by atoms with Crippen LogP contribution in [0.4, 0.5) is 24.8 Å². The van der Waals surface area contributed by atoms with Crippen LogP contribution in [0.5, 0.6) is 5.88 Å². The third-order valence-corrected chi connectivity index (χ3v) is 4.95. The number of halogens is 4. The van der Waals surface area contributed by atoms with Crippen molar-refractivity contribution in [3.8, 4) is 5.88 Å². The van der Waals surface area contributed by atoms with Gasteiger partial charge in [0.05, 0.1) is 5.69 Å². The molecule has 4 nitrogen and oxygen atoms in total. The zero-order valence-corrected chi connectivity index (χ0v) is 15.5. The molecule has 134 valence electrons. The van der Waals surface area contributed by atoms with Crippen LogP contribution in [0.3, 0.4) is 0 Å². The van der Waals surface area contributed by atoms with Gasteiger partial charge in [-0.2, -0.15) is 18.2 Å². The number of hydrogen-bond acceptors (Lipinski definition) is 4. The number of para-hydroxylation sites is 1. The molecule has 0 radical (unpaired) electrons. The molecule has 8 heteroatoms. The fraction of sp³-hybridized carbons (Fsp3) is 0.412. The van der Waals surface area contributed by atoms with E-state index in [0.717, 1.165) is 47.6 Å². The van der Waals surface area contributed by atoms with E-state index in [0.29, 0.717) is 0 Å². The van der Waals surface area contributed by atoms with Crippen LogP contribution in [0, 0.1) is 3.57 Å². The lowest BCUT2D eigenvalue weighted by Crippen LogP contribution is -2.22. The molecular formula is C17H17F3IN3O. The van der Waals surface area contributed by atoms with Crippen LogP contribution < -0.4 is 10.1 Å². The minimum atomic E-state index is -4.55. The summed E-state index contributed by atoms with van der Waals surface area (Å²) in [6, 6.07) is 7.39. The Morgan fingerprint density at radius 3 is 2.52 bits per heavy atom. The fourth-order valence-corrected chi connectivity index (χ4v) is 3.26. The van der Waals surface area contributed by atoms with Crippen molar-refractivity contribution in [2.45, 2.75) is 44.4 Å². The van der Waals surface area contributed by atoms with E-state index in [1.165, 1.54) is 0 Å². The van der Waals surface area contributed by atoms with Gasteiger partial charge in [-0.1, -0.05) is 18.6 Å². The number of benzene rings is 1. The van der Waals surface area contributed by atoms with Gasteiger partial charge in [0.15, 0.2) is 0 Å². The number of aromatic nitrogens is 2. The van der Waals surface area contributed by atoms with Crippen LogP contribution in [-0.2, 0) is 6.18 Å². The first-order valence-electron chi connectivity index (χ1n) is 8.06. The summed E-state index contributed by atoms with van der Waals surface area (Å²) >= 11 is 2.13. The fourth-order valence-electron chi connectivity index (χ4n) is 2.73. The van der Waals surface area contributed by atoms with Crippen LogP contribution >= 0.6 is 22.6 Å². The normalized spacial score (nSPS) is 15.8. The SMILES string of the molecule is FC(F)(F)c1cnc(Nc2ccccc2I)nc1OC1CCCCC1. The molecule has 0 unspecified atom stereocenters. The Morgan fingerprint density at radius 2 is 1.84 bits per heavy atom. The Kier molecular flexibility index (Phi) is 5.65. The largest absolute Gasteiger partial charge is 0.474 e. The number of rotatable bonds is 4. The summed E-state index contributed by atoms with van der Waals surface area (Å²) in [6.07, 6.45) is 0.521. The van der Waals surface area contributed by atoms with E-state index in [1.807, 2.05) is 24.3 Å². The lowest BCUT2D eigenvalue weighted by molar-refractivity contribution is -0.140. The van der Waals surface area contributed by atoms with E-state index < -0.39 is 17.6 Å². The molecule has 1 fully saturated rings. The standard InChI is InChI=1S/C17H17F3IN3O/c18-17(19,20)12-10-22-16(23-14-9-5-4-8-13(14)21)24-15(12)25-11-6-2-1-3-7-11/h4-5,8-11H,1-3,6-7H2,(H,22,23,24). The zero-order chi connectivity index (χ0) is 17.9. The maximum absolute atomic E-state index is 13.2. The molecule has 1 aliphatic carbocycles. The van der Waals surface area contributed by atoms with Crippen LogP contribution in [0.25, 0.3) is 0 Å². The van der Waals surface area contributed by atoms with E-state index in [4.69, 9.17) is 4.74 Å². The molecule has 0 bridgehead atoms. The van der Waals surface area contributed by atoms with Crippen molar-refractivity contribution in [2.24, 2.45) is 0 Å². The number of ether oxygens (including phenoxy) is 1. The molecule has 25 heavy (non-hydrogen) atoms. The summed E-state index contributed by atoms with van der Waals surface area (Å²) in [5.41, 5.74) is -0.210. The smallest absolute Gasteiger partial charge is 0.423 e. The van der Waals surface area contributed by atoms with E-state index in [-0.39, 0.29) is 12.1 Å². The second-order valence-corrected chi connectivity index (χ2v) is 7.06. The number of hydrogen-bond donors (Lipinski definition) is 1. The van der Waals surface area contributed by atoms with E-state index in [1.54, 1.807) is 0 Å². The highest BCUT2D eigenvalue weighted by Gasteiger charge is 2.37. The minimum Gasteiger partial charge on any atom is -0.474 e. The summed E-state index contributed by atoms with van der Waals surface area (Å²) in [5.74, 6) is -0.314. The average Bonchev–Trinajstić information content (AvgIpc) is 2.57. The summed E-state index contributed by atoms with van der Waals surface area (Å²) in [4.78, 5) is 7.81. The van der Waals surface area contributed by atoms with Crippen molar-refractivity contribution in [1.82, 2.24) is 9.97 Å². The molecule has 1 aliphatic rings. The third kappa shape index (κ3) is 4.74. The van der Waals surface area contributed by atoms with Gasteiger partial charge in [0.2, 0.25) is 11.8 Å². The minimum absolute atomic E-state index is 0.0860. The van der Waals surface area contributed by atoms with Crippen molar-refractivity contribution >= 4 is 34.2 Å². The Morgan fingerprint density at radius 1 is 1.12 bits per heavy atom. The Hall–Kier alpha value is -1.58. The first-order chi connectivity index (χ1) is 11.9. The Bertz CT molecular complexity index is 733. The second kappa shape index (κ2) is 7.76. The van der Waals surface area contributed by atoms with Gasteiger partial charge < -0.3 is 10.1 Å². The Balaban J connectivity index is 1.88. The molecule has 2 aromatic rings. The molecule has 1 N–H and O–H groups in total. The molecule has 3 rings (SSSR count). The number of anilines is 2. The van der Waals surface area contributed by atoms with Gasteiger partial charge in [-0.25, -0.2) is 4.98 Å². The lowest BCUT2D eigenvalue weighted by atomic mass is 9.98. The van der Waals surface area contributed by atoms with Crippen molar-refractivity contribution in [3.63, 3.8) is 0 Å². The van der Waals surface area contributed by atoms with Crippen molar-refractivity contribution in [3.05, 3.63) is 39.6 Å². The predicted molar refractivity (Wildman–Crippen MR) is 97.0 cm³/mol. The van der Waals surface area contributed by atoms with Crippen LogP contribution in [0.1, 0.15) is 37.7 Å². The molecule has 0 spiro atoms. The summed E-state index contributed by atoms with van der Waals surface area (Å²) in [5, 5.41) is 2.95. The quantitative estimate of drug-likeness (QED) is 0.604. The van der Waals surface area contributed by atoms with Crippen molar-refractivity contribution in [1.29, 1.82) is 0 Å². The molecular weight excluding hydrogens is 446 g/mol. The molecule has 1 aromatic carbocycles. The molecule has 1 aromatic heterocycles. The van der Waals surface area contributed by atoms with Crippen molar-refractivity contribution in [2.75, 3.05) is 5.32 Å². The van der Waals surface area contributed by atoms with Crippen LogP contribution in [0.2, 0.25) is 0 Å². The third-order valence-electron chi connectivity index (χ3n) is 4.01. The van der Waals surface area contributed by atoms with Gasteiger partial charge in [-0.15, -0.1) is 0 Å². The first-order valence-corrected chi connectivity index (χ1v) is 9.14. The molecule has 0 atom stereocenters. The van der Waals surface area contributed by atoms with E-state index in [2.05, 4.69) is 37.9 Å². The molecule has 0 amide bonds. The maximum atomic E-state index is 13.2. The highest BCUT2D eigenvalue weighted by molar-refractivity contribution is 14.1. The maximum Gasteiger partial charge on any atom is 0.423 e.